The van der Waals surface area contributed by atoms with E-state index in [4.69, 9.17) is 4.74 Å². The molecule has 1 aliphatic carbocycles. The van der Waals surface area contributed by atoms with Crippen molar-refractivity contribution < 1.29 is 4.74 Å². The molecule has 3 atom stereocenters. The summed E-state index contributed by atoms with van der Waals surface area (Å²) < 4.78 is 6.97. The summed E-state index contributed by atoms with van der Waals surface area (Å²) in [5.74, 6) is 0.715. The van der Waals surface area contributed by atoms with Crippen LogP contribution in [0.15, 0.2) is 28.7 Å². The first-order chi connectivity index (χ1) is 8.59. The van der Waals surface area contributed by atoms with Gasteiger partial charge in [0, 0.05) is 35.0 Å². The molecule has 2 fully saturated rings. The van der Waals surface area contributed by atoms with Crippen LogP contribution in [0.2, 0.25) is 0 Å². The van der Waals surface area contributed by atoms with Gasteiger partial charge < -0.3 is 10.1 Å². The second-order valence-corrected chi connectivity index (χ2v) is 6.97. The third kappa shape index (κ3) is 2.02. The maximum atomic E-state index is 5.82. The zero-order valence-corrected chi connectivity index (χ0v) is 12.5. The van der Waals surface area contributed by atoms with E-state index in [0.717, 1.165) is 17.6 Å². The van der Waals surface area contributed by atoms with E-state index in [-0.39, 0.29) is 5.41 Å². The fourth-order valence-electron chi connectivity index (χ4n) is 3.61. The molecule has 1 N–H and O–H groups in total. The first-order valence-corrected chi connectivity index (χ1v) is 7.48. The molecular formula is C15H20BrNO. The van der Waals surface area contributed by atoms with E-state index in [9.17, 15) is 0 Å². The van der Waals surface area contributed by atoms with Crippen molar-refractivity contribution in [1.82, 2.24) is 5.32 Å². The van der Waals surface area contributed by atoms with Crippen molar-refractivity contribution in [3.8, 4) is 0 Å². The van der Waals surface area contributed by atoms with Gasteiger partial charge in [0.1, 0.15) is 0 Å². The summed E-state index contributed by atoms with van der Waals surface area (Å²) in [6.07, 6.45) is 1.68. The van der Waals surface area contributed by atoms with Gasteiger partial charge in [0.15, 0.2) is 0 Å². The lowest BCUT2D eigenvalue weighted by Crippen LogP contribution is -2.65. The summed E-state index contributed by atoms with van der Waals surface area (Å²) in [6.45, 7) is 6.51. The van der Waals surface area contributed by atoms with Gasteiger partial charge in [-0.1, -0.05) is 41.9 Å². The normalized spacial score (nSPS) is 32.9. The van der Waals surface area contributed by atoms with Gasteiger partial charge in [-0.25, -0.2) is 0 Å². The second kappa shape index (κ2) is 4.62. The molecular weight excluding hydrogens is 290 g/mol. The van der Waals surface area contributed by atoms with Gasteiger partial charge >= 0.3 is 0 Å². The van der Waals surface area contributed by atoms with Crippen LogP contribution < -0.4 is 5.32 Å². The third-order valence-corrected chi connectivity index (χ3v) is 5.01. The third-order valence-electron chi connectivity index (χ3n) is 4.52. The van der Waals surface area contributed by atoms with E-state index in [2.05, 4.69) is 59.4 Å². The van der Waals surface area contributed by atoms with Gasteiger partial charge in [-0.05, 0) is 24.1 Å². The number of hydrogen-bond donors (Lipinski definition) is 1. The van der Waals surface area contributed by atoms with Crippen LogP contribution >= 0.6 is 15.9 Å². The molecule has 3 unspecified atom stereocenters. The highest BCUT2D eigenvalue weighted by Gasteiger charge is 2.58. The van der Waals surface area contributed by atoms with Crippen LogP contribution in [0.1, 0.15) is 25.8 Å². The largest absolute Gasteiger partial charge is 0.377 e. The predicted octanol–water partition coefficient (Wildman–Crippen LogP) is 3.35. The molecule has 3 heteroatoms. The monoisotopic (exact) mass is 309 g/mol. The SMILES string of the molecule is CC1(C)C(NCc2cccc(Br)c2)C2CCOC21. The molecule has 0 bridgehead atoms. The average Bonchev–Trinajstić information content (AvgIpc) is 2.75. The Morgan fingerprint density at radius 1 is 1.44 bits per heavy atom. The van der Waals surface area contributed by atoms with Crippen molar-refractivity contribution in [1.29, 1.82) is 0 Å². The number of halogens is 1. The predicted molar refractivity (Wildman–Crippen MR) is 76.4 cm³/mol. The highest BCUT2D eigenvalue weighted by Crippen LogP contribution is 2.52. The Morgan fingerprint density at radius 2 is 2.28 bits per heavy atom. The average molecular weight is 310 g/mol. The van der Waals surface area contributed by atoms with Gasteiger partial charge in [-0.15, -0.1) is 0 Å². The van der Waals surface area contributed by atoms with Crippen LogP contribution in [-0.2, 0) is 11.3 Å². The maximum absolute atomic E-state index is 5.82. The fourth-order valence-corrected chi connectivity index (χ4v) is 4.06. The van der Waals surface area contributed by atoms with Crippen LogP contribution in [0.4, 0.5) is 0 Å². The smallest absolute Gasteiger partial charge is 0.0685 e. The molecule has 2 aliphatic rings. The van der Waals surface area contributed by atoms with Crippen molar-refractivity contribution in [2.24, 2.45) is 11.3 Å². The maximum Gasteiger partial charge on any atom is 0.0685 e. The summed E-state index contributed by atoms with van der Waals surface area (Å²) in [5, 5.41) is 3.72. The Balaban J connectivity index is 1.64. The minimum Gasteiger partial charge on any atom is -0.377 e. The van der Waals surface area contributed by atoms with E-state index < -0.39 is 0 Å². The molecule has 1 aromatic carbocycles. The zero-order chi connectivity index (χ0) is 12.8. The molecule has 0 radical (unpaired) electrons. The topological polar surface area (TPSA) is 21.3 Å². The number of hydrogen-bond acceptors (Lipinski definition) is 2. The van der Waals surface area contributed by atoms with Crippen LogP contribution in [0, 0.1) is 11.3 Å². The fraction of sp³-hybridized carbons (Fsp3) is 0.600. The molecule has 1 saturated heterocycles. The van der Waals surface area contributed by atoms with E-state index in [0.29, 0.717) is 18.1 Å². The van der Waals surface area contributed by atoms with Crippen molar-refractivity contribution in [2.75, 3.05) is 6.61 Å². The molecule has 1 aliphatic heterocycles. The summed E-state index contributed by atoms with van der Waals surface area (Å²) >= 11 is 3.52. The molecule has 98 valence electrons. The molecule has 18 heavy (non-hydrogen) atoms. The molecule has 2 nitrogen and oxygen atoms in total. The van der Waals surface area contributed by atoms with E-state index in [1.807, 2.05) is 0 Å². The quantitative estimate of drug-likeness (QED) is 0.924. The Kier molecular flexibility index (Phi) is 3.25. The summed E-state index contributed by atoms with van der Waals surface area (Å²) in [4.78, 5) is 0. The van der Waals surface area contributed by atoms with Crippen LogP contribution in [0.5, 0.6) is 0 Å². The minimum atomic E-state index is 0.271. The summed E-state index contributed by atoms with van der Waals surface area (Å²) in [5.41, 5.74) is 1.61. The van der Waals surface area contributed by atoms with Crippen LogP contribution in [0.25, 0.3) is 0 Å². The molecule has 0 aromatic heterocycles. The number of benzene rings is 1. The van der Waals surface area contributed by atoms with E-state index in [1.165, 1.54) is 12.0 Å². The molecule has 0 spiro atoms. The van der Waals surface area contributed by atoms with Crippen molar-refractivity contribution in [2.45, 2.75) is 39.0 Å². The Morgan fingerprint density at radius 3 is 3.06 bits per heavy atom. The Hall–Kier alpha value is -0.380. The van der Waals surface area contributed by atoms with Crippen LogP contribution in [-0.4, -0.2) is 18.8 Å². The lowest BCUT2D eigenvalue weighted by atomic mass is 9.57. The molecule has 0 amide bonds. The molecule has 1 saturated carbocycles. The van der Waals surface area contributed by atoms with Gasteiger partial charge in [0.25, 0.3) is 0 Å². The zero-order valence-electron chi connectivity index (χ0n) is 10.9. The lowest BCUT2D eigenvalue weighted by Gasteiger charge is -2.55. The van der Waals surface area contributed by atoms with Gasteiger partial charge in [-0.3, -0.25) is 0 Å². The van der Waals surface area contributed by atoms with Crippen molar-refractivity contribution in [3.63, 3.8) is 0 Å². The summed E-state index contributed by atoms with van der Waals surface area (Å²) in [7, 11) is 0. The second-order valence-electron chi connectivity index (χ2n) is 6.05. The Labute approximate surface area is 117 Å². The molecule has 1 aromatic rings. The first kappa shape index (κ1) is 12.6. The van der Waals surface area contributed by atoms with Crippen molar-refractivity contribution in [3.05, 3.63) is 34.3 Å². The van der Waals surface area contributed by atoms with Crippen LogP contribution in [0.3, 0.4) is 0 Å². The van der Waals surface area contributed by atoms with E-state index in [1.54, 1.807) is 0 Å². The standard InChI is InChI=1S/C15H20BrNO/c1-15(2)13(12-6-7-18-14(12)15)17-9-10-4-3-5-11(16)8-10/h3-5,8,12-14,17H,6-7,9H2,1-2H3. The highest BCUT2D eigenvalue weighted by atomic mass is 79.9. The van der Waals surface area contributed by atoms with Gasteiger partial charge in [0.05, 0.1) is 6.10 Å². The number of ether oxygens (including phenoxy) is 1. The minimum absolute atomic E-state index is 0.271. The number of nitrogens with one attached hydrogen (secondary N) is 1. The highest BCUT2D eigenvalue weighted by molar-refractivity contribution is 9.10. The van der Waals surface area contributed by atoms with Gasteiger partial charge in [-0.2, -0.15) is 0 Å². The molecule has 3 rings (SSSR count). The van der Waals surface area contributed by atoms with Crippen molar-refractivity contribution >= 4 is 15.9 Å². The van der Waals surface area contributed by atoms with Gasteiger partial charge in [0.2, 0.25) is 0 Å². The Bertz CT molecular complexity index is 446. The molecule has 1 heterocycles. The number of rotatable bonds is 3. The number of fused-ring (bicyclic) bond motifs is 1. The first-order valence-electron chi connectivity index (χ1n) is 6.68. The summed E-state index contributed by atoms with van der Waals surface area (Å²) in [6, 6.07) is 9.10. The van der Waals surface area contributed by atoms with E-state index >= 15 is 0 Å². The lowest BCUT2D eigenvalue weighted by molar-refractivity contribution is -0.113.